The van der Waals surface area contributed by atoms with Gasteiger partial charge in [-0.3, -0.25) is 9.59 Å². The molecular formula is C21H22BrClN2O3. The first kappa shape index (κ1) is 20.7. The summed E-state index contributed by atoms with van der Waals surface area (Å²) >= 11 is 9.54. The highest BCUT2D eigenvalue weighted by atomic mass is 79.9. The number of carbonyl (C=O) groups excluding carboxylic acids is 2. The summed E-state index contributed by atoms with van der Waals surface area (Å²) in [5, 5.41) is 3.34. The first-order valence-electron chi connectivity index (χ1n) is 9.19. The first-order valence-corrected chi connectivity index (χ1v) is 10.4. The highest BCUT2D eigenvalue weighted by Crippen LogP contribution is 2.27. The standard InChI is InChI=1S/C21H22BrClN2O3/c1-28-19-8-4-14(12-17(19)22)5-9-20(26)24-18-7-6-15(23)13-16(18)21(27)25-10-2-3-11-25/h4,6-8,12-13H,2-3,5,9-11H2,1H3,(H,24,26). The number of nitrogens with zero attached hydrogens (tertiary/aromatic N) is 1. The van der Waals surface area contributed by atoms with Gasteiger partial charge < -0.3 is 15.0 Å². The number of hydrogen-bond acceptors (Lipinski definition) is 3. The maximum atomic E-state index is 12.8. The van der Waals surface area contributed by atoms with E-state index in [0.717, 1.165) is 41.7 Å². The monoisotopic (exact) mass is 464 g/mol. The molecule has 2 aromatic carbocycles. The first-order chi connectivity index (χ1) is 13.5. The molecule has 1 aliphatic heterocycles. The summed E-state index contributed by atoms with van der Waals surface area (Å²) in [7, 11) is 1.61. The van der Waals surface area contributed by atoms with E-state index in [-0.39, 0.29) is 11.8 Å². The maximum absolute atomic E-state index is 12.8. The van der Waals surface area contributed by atoms with Gasteiger partial charge in [-0.25, -0.2) is 0 Å². The number of likely N-dealkylation sites (tertiary alicyclic amines) is 1. The molecule has 1 N–H and O–H groups in total. The Morgan fingerprint density at radius 1 is 1.18 bits per heavy atom. The molecule has 2 amide bonds. The maximum Gasteiger partial charge on any atom is 0.256 e. The van der Waals surface area contributed by atoms with Crippen LogP contribution in [-0.4, -0.2) is 36.9 Å². The molecular weight excluding hydrogens is 444 g/mol. The zero-order valence-corrected chi connectivity index (χ0v) is 18.0. The van der Waals surface area contributed by atoms with E-state index in [1.165, 1.54) is 0 Å². The Morgan fingerprint density at radius 3 is 2.61 bits per heavy atom. The van der Waals surface area contributed by atoms with Crippen molar-refractivity contribution in [1.82, 2.24) is 4.90 Å². The van der Waals surface area contributed by atoms with Gasteiger partial charge in [-0.05, 0) is 71.1 Å². The molecule has 2 aromatic rings. The molecule has 0 atom stereocenters. The van der Waals surface area contributed by atoms with Crippen molar-refractivity contribution in [3.8, 4) is 5.75 Å². The normalized spacial score (nSPS) is 13.5. The minimum atomic E-state index is -0.148. The van der Waals surface area contributed by atoms with E-state index in [0.29, 0.717) is 29.1 Å². The number of methoxy groups -OCH3 is 1. The number of ether oxygens (including phenoxy) is 1. The number of nitrogens with one attached hydrogen (secondary N) is 1. The molecule has 5 nitrogen and oxygen atoms in total. The largest absolute Gasteiger partial charge is 0.496 e. The number of hydrogen-bond donors (Lipinski definition) is 1. The summed E-state index contributed by atoms with van der Waals surface area (Å²) < 4.78 is 6.07. The lowest BCUT2D eigenvalue weighted by Crippen LogP contribution is -2.29. The lowest BCUT2D eigenvalue weighted by atomic mass is 10.1. The van der Waals surface area contributed by atoms with Gasteiger partial charge in [0.1, 0.15) is 5.75 Å². The van der Waals surface area contributed by atoms with Crippen LogP contribution < -0.4 is 10.1 Å². The van der Waals surface area contributed by atoms with E-state index in [1.807, 2.05) is 18.2 Å². The predicted octanol–water partition coefficient (Wildman–Crippen LogP) is 4.92. The van der Waals surface area contributed by atoms with Crippen LogP contribution in [0.25, 0.3) is 0 Å². The van der Waals surface area contributed by atoms with Gasteiger partial charge >= 0.3 is 0 Å². The van der Waals surface area contributed by atoms with Crippen LogP contribution in [0.15, 0.2) is 40.9 Å². The number of amides is 2. The molecule has 0 aromatic heterocycles. The van der Waals surface area contributed by atoms with E-state index in [2.05, 4.69) is 21.2 Å². The quantitative estimate of drug-likeness (QED) is 0.659. The van der Waals surface area contributed by atoms with Crippen LogP contribution in [0.4, 0.5) is 5.69 Å². The van der Waals surface area contributed by atoms with Crippen molar-refractivity contribution >= 4 is 45.0 Å². The Hall–Kier alpha value is -2.05. The molecule has 0 bridgehead atoms. The van der Waals surface area contributed by atoms with E-state index < -0.39 is 0 Å². The average molecular weight is 466 g/mol. The van der Waals surface area contributed by atoms with Crippen LogP contribution in [0, 0.1) is 0 Å². The third-order valence-corrected chi connectivity index (χ3v) is 5.59. The molecule has 3 rings (SSSR count). The minimum absolute atomic E-state index is 0.0885. The Balaban J connectivity index is 1.66. The summed E-state index contributed by atoms with van der Waals surface area (Å²) in [6, 6.07) is 10.7. The fourth-order valence-electron chi connectivity index (χ4n) is 3.23. The lowest BCUT2D eigenvalue weighted by Gasteiger charge is -2.18. The van der Waals surface area contributed by atoms with Crippen LogP contribution in [0.3, 0.4) is 0 Å². The smallest absolute Gasteiger partial charge is 0.256 e. The van der Waals surface area contributed by atoms with Crippen LogP contribution in [-0.2, 0) is 11.2 Å². The Morgan fingerprint density at radius 2 is 1.93 bits per heavy atom. The van der Waals surface area contributed by atoms with Crippen molar-refractivity contribution in [3.05, 3.63) is 57.0 Å². The van der Waals surface area contributed by atoms with Crippen LogP contribution in [0.2, 0.25) is 5.02 Å². The summed E-state index contributed by atoms with van der Waals surface area (Å²) in [5.41, 5.74) is 1.96. The molecule has 148 valence electrons. The molecule has 1 fully saturated rings. The van der Waals surface area contributed by atoms with Gasteiger partial charge in [-0.1, -0.05) is 17.7 Å². The average Bonchev–Trinajstić information content (AvgIpc) is 3.22. The van der Waals surface area contributed by atoms with E-state index in [1.54, 1.807) is 30.2 Å². The Labute approximate surface area is 178 Å². The number of anilines is 1. The van der Waals surface area contributed by atoms with Crippen molar-refractivity contribution in [2.24, 2.45) is 0 Å². The van der Waals surface area contributed by atoms with E-state index in [4.69, 9.17) is 16.3 Å². The number of aryl methyl sites for hydroxylation is 1. The van der Waals surface area contributed by atoms with Crippen LogP contribution in [0.5, 0.6) is 5.75 Å². The molecule has 1 saturated heterocycles. The summed E-state index contributed by atoms with van der Waals surface area (Å²) in [6.45, 7) is 1.48. The van der Waals surface area contributed by atoms with Crippen molar-refractivity contribution < 1.29 is 14.3 Å². The van der Waals surface area contributed by atoms with E-state index in [9.17, 15) is 9.59 Å². The molecule has 0 saturated carbocycles. The van der Waals surface area contributed by atoms with Crippen molar-refractivity contribution in [2.75, 3.05) is 25.5 Å². The van der Waals surface area contributed by atoms with Gasteiger partial charge in [0.25, 0.3) is 5.91 Å². The molecule has 1 heterocycles. The van der Waals surface area contributed by atoms with Gasteiger partial charge in [-0.15, -0.1) is 0 Å². The topological polar surface area (TPSA) is 58.6 Å². The fraction of sp³-hybridized carbons (Fsp3) is 0.333. The van der Waals surface area contributed by atoms with Crippen LogP contribution in [0.1, 0.15) is 35.2 Å². The minimum Gasteiger partial charge on any atom is -0.496 e. The van der Waals surface area contributed by atoms with E-state index >= 15 is 0 Å². The van der Waals surface area contributed by atoms with Crippen molar-refractivity contribution in [3.63, 3.8) is 0 Å². The summed E-state index contributed by atoms with van der Waals surface area (Å²) in [4.78, 5) is 27.0. The van der Waals surface area contributed by atoms with Gasteiger partial charge in [-0.2, -0.15) is 0 Å². The fourth-order valence-corrected chi connectivity index (χ4v) is 3.99. The molecule has 28 heavy (non-hydrogen) atoms. The molecule has 0 radical (unpaired) electrons. The second kappa shape index (κ2) is 9.43. The number of halogens is 2. The molecule has 0 spiro atoms. The van der Waals surface area contributed by atoms with Gasteiger partial charge in [0.05, 0.1) is 22.8 Å². The predicted molar refractivity (Wildman–Crippen MR) is 114 cm³/mol. The lowest BCUT2D eigenvalue weighted by molar-refractivity contribution is -0.116. The number of rotatable bonds is 6. The zero-order valence-electron chi connectivity index (χ0n) is 15.6. The Bertz CT molecular complexity index is 882. The molecule has 0 unspecified atom stereocenters. The zero-order chi connectivity index (χ0) is 20.1. The highest BCUT2D eigenvalue weighted by molar-refractivity contribution is 9.10. The second-order valence-corrected chi connectivity index (χ2v) is 8.00. The van der Waals surface area contributed by atoms with Gasteiger partial charge in [0.2, 0.25) is 5.91 Å². The number of carbonyl (C=O) groups is 2. The Kier molecular flexibility index (Phi) is 6.97. The van der Waals surface area contributed by atoms with Gasteiger partial charge in [0.15, 0.2) is 0 Å². The third-order valence-electron chi connectivity index (χ3n) is 4.74. The third kappa shape index (κ3) is 5.06. The highest BCUT2D eigenvalue weighted by Gasteiger charge is 2.23. The number of benzene rings is 2. The molecule has 7 heteroatoms. The summed E-state index contributed by atoms with van der Waals surface area (Å²) in [5.74, 6) is 0.513. The molecule has 1 aliphatic rings. The van der Waals surface area contributed by atoms with Crippen molar-refractivity contribution in [1.29, 1.82) is 0 Å². The van der Waals surface area contributed by atoms with Crippen LogP contribution >= 0.6 is 27.5 Å². The van der Waals surface area contributed by atoms with Gasteiger partial charge in [0, 0.05) is 24.5 Å². The summed E-state index contributed by atoms with van der Waals surface area (Å²) in [6.07, 6.45) is 2.90. The second-order valence-electron chi connectivity index (χ2n) is 6.71. The molecule has 0 aliphatic carbocycles. The van der Waals surface area contributed by atoms with Crippen molar-refractivity contribution in [2.45, 2.75) is 25.7 Å². The SMILES string of the molecule is COc1ccc(CCC(=O)Nc2ccc(Cl)cc2C(=O)N2CCCC2)cc1Br.